The lowest BCUT2D eigenvalue weighted by Crippen LogP contribution is -2.30. The highest BCUT2D eigenvalue weighted by Gasteiger charge is 2.17. The monoisotopic (exact) mass is 264 g/mol. The van der Waals surface area contributed by atoms with Gasteiger partial charge in [0, 0.05) is 37.9 Å². The summed E-state index contributed by atoms with van der Waals surface area (Å²) >= 11 is 0. The van der Waals surface area contributed by atoms with Gasteiger partial charge in [-0.15, -0.1) is 5.10 Å². The number of hydrogen-bond acceptors (Lipinski definition) is 4. The third-order valence-electron chi connectivity index (χ3n) is 4.23. The van der Waals surface area contributed by atoms with E-state index in [0.29, 0.717) is 12.0 Å². The van der Waals surface area contributed by atoms with Crippen LogP contribution in [0.5, 0.6) is 0 Å². The van der Waals surface area contributed by atoms with Crippen LogP contribution in [-0.4, -0.2) is 34.2 Å². The van der Waals surface area contributed by atoms with Crippen molar-refractivity contribution in [2.45, 2.75) is 57.7 Å². The number of ether oxygens (including phenoxy) is 1. The van der Waals surface area contributed by atoms with Crippen molar-refractivity contribution >= 4 is 0 Å². The zero-order valence-corrected chi connectivity index (χ0v) is 11.6. The van der Waals surface area contributed by atoms with E-state index in [1.54, 1.807) is 0 Å². The first kappa shape index (κ1) is 13.1. The van der Waals surface area contributed by atoms with Crippen molar-refractivity contribution in [2.24, 2.45) is 5.92 Å². The Morgan fingerprint density at radius 3 is 2.95 bits per heavy atom. The lowest BCUT2D eigenvalue weighted by molar-refractivity contribution is 0.181. The molecule has 1 saturated heterocycles. The summed E-state index contributed by atoms with van der Waals surface area (Å²) in [7, 11) is 0. The second kappa shape index (κ2) is 6.48. The minimum Gasteiger partial charge on any atom is -0.381 e. The molecule has 2 fully saturated rings. The van der Waals surface area contributed by atoms with Crippen LogP contribution in [0.3, 0.4) is 0 Å². The standard InChI is InChI=1S/C14H24N4O/c1-2-4-13(5-3-1)15-8-14-10-18(17-16-14)9-12-6-7-19-11-12/h10,12-13,15H,1-9,11H2/t12-/m0/s1. The molecule has 106 valence electrons. The van der Waals surface area contributed by atoms with Crippen molar-refractivity contribution in [3.63, 3.8) is 0 Å². The lowest BCUT2D eigenvalue weighted by Gasteiger charge is -2.22. The Labute approximate surface area is 114 Å². The Morgan fingerprint density at radius 1 is 1.26 bits per heavy atom. The smallest absolute Gasteiger partial charge is 0.0964 e. The number of nitrogens with one attached hydrogen (secondary N) is 1. The van der Waals surface area contributed by atoms with Crippen LogP contribution in [0.2, 0.25) is 0 Å². The van der Waals surface area contributed by atoms with Crippen molar-refractivity contribution < 1.29 is 4.74 Å². The molecule has 1 aliphatic carbocycles. The van der Waals surface area contributed by atoms with E-state index in [9.17, 15) is 0 Å². The van der Waals surface area contributed by atoms with Crippen LogP contribution in [0.15, 0.2) is 6.20 Å². The Kier molecular flexibility index (Phi) is 4.45. The summed E-state index contributed by atoms with van der Waals surface area (Å²) in [6.07, 6.45) is 9.99. The molecule has 1 aromatic heterocycles. The maximum Gasteiger partial charge on any atom is 0.0964 e. The molecule has 0 amide bonds. The average Bonchev–Trinajstić information content (AvgIpc) is 3.10. The summed E-state index contributed by atoms with van der Waals surface area (Å²) < 4.78 is 7.36. The van der Waals surface area contributed by atoms with Crippen LogP contribution in [0, 0.1) is 5.92 Å². The van der Waals surface area contributed by atoms with E-state index in [0.717, 1.165) is 38.4 Å². The molecule has 1 aromatic rings. The molecular weight excluding hydrogens is 240 g/mol. The third-order valence-corrected chi connectivity index (χ3v) is 4.23. The first-order chi connectivity index (χ1) is 9.40. The number of hydrogen-bond donors (Lipinski definition) is 1. The molecule has 5 nitrogen and oxygen atoms in total. The van der Waals surface area contributed by atoms with Gasteiger partial charge in [-0.1, -0.05) is 24.5 Å². The molecule has 0 radical (unpaired) electrons. The highest BCUT2D eigenvalue weighted by atomic mass is 16.5. The molecule has 0 unspecified atom stereocenters. The molecule has 19 heavy (non-hydrogen) atoms. The molecule has 5 heteroatoms. The Balaban J connectivity index is 1.44. The minimum atomic E-state index is 0.612. The van der Waals surface area contributed by atoms with Crippen molar-refractivity contribution in [1.29, 1.82) is 0 Å². The Hall–Kier alpha value is -0.940. The Bertz CT molecular complexity index is 381. The van der Waals surface area contributed by atoms with E-state index in [1.165, 1.54) is 32.1 Å². The summed E-state index contributed by atoms with van der Waals surface area (Å²) in [4.78, 5) is 0. The Morgan fingerprint density at radius 2 is 2.16 bits per heavy atom. The molecule has 3 rings (SSSR count). The van der Waals surface area contributed by atoms with Gasteiger partial charge >= 0.3 is 0 Å². The van der Waals surface area contributed by atoms with Crippen LogP contribution < -0.4 is 5.32 Å². The highest BCUT2D eigenvalue weighted by Crippen LogP contribution is 2.18. The molecule has 1 N–H and O–H groups in total. The molecule has 0 spiro atoms. The van der Waals surface area contributed by atoms with E-state index in [2.05, 4.69) is 21.8 Å². The molecule has 0 bridgehead atoms. The SMILES string of the molecule is c1c(CNC2CCCCC2)nnn1C[C@@H]1CCOC1. The second-order valence-corrected chi connectivity index (χ2v) is 5.88. The highest BCUT2D eigenvalue weighted by molar-refractivity contribution is 4.92. The predicted molar refractivity (Wildman–Crippen MR) is 72.7 cm³/mol. The van der Waals surface area contributed by atoms with Crippen LogP contribution in [0.4, 0.5) is 0 Å². The van der Waals surface area contributed by atoms with Gasteiger partial charge in [-0.3, -0.25) is 4.68 Å². The maximum absolute atomic E-state index is 5.39. The summed E-state index contributed by atoms with van der Waals surface area (Å²) in [5.74, 6) is 0.612. The lowest BCUT2D eigenvalue weighted by atomic mass is 9.95. The minimum absolute atomic E-state index is 0.612. The van der Waals surface area contributed by atoms with Gasteiger partial charge in [-0.25, -0.2) is 0 Å². The molecule has 2 aliphatic rings. The molecule has 0 aromatic carbocycles. The van der Waals surface area contributed by atoms with Crippen LogP contribution in [-0.2, 0) is 17.8 Å². The van der Waals surface area contributed by atoms with E-state index in [-0.39, 0.29) is 0 Å². The number of aromatic nitrogens is 3. The first-order valence-corrected chi connectivity index (χ1v) is 7.60. The van der Waals surface area contributed by atoms with Gasteiger partial charge in [0.1, 0.15) is 0 Å². The van der Waals surface area contributed by atoms with Gasteiger partial charge in [0.25, 0.3) is 0 Å². The van der Waals surface area contributed by atoms with E-state index in [4.69, 9.17) is 4.74 Å². The first-order valence-electron chi connectivity index (χ1n) is 7.60. The van der Waals surface area contributed by atoms with Crippen molar-refractivity contribution in [2.75, 3.05) is 13.2 Å². The summed E-state index contributed by atoms with van der Waals surface area (Å²) in [5, 5.41) is 12.1. The quantitative estimate of drug-likeness (QED) is 0.880. The van der Waals surface area contributed by atoms with E-state index < -0.39 is 0 Å². The largest absolute Gasteiger partial charge is 0.381 e. The van der Waals surface area contributed by atoms with Crippen molar-refractivity contribution in [3.05, 3.63) is 11.9 Å². The van der Waals surface area contributed by atoms with Crippen LogP contribution in [0.25, 0.3) is 0 Å². The molecule has 2 heterocycles. The van der Waals surface area contributed by atoms with Crippen LogP contribution in [0.1, 0.15) is 44.2 Å². The second-order valence-electron chi connectivity index (χ2n) is 5.88. The normalized spacial score (nSPS) is 24.9. The van der Waals surface area contributed by atoms with E-state index >= 15 is 0 Å². The van der Waals surface area contributed by atoms with Gasteiger partial charge in [0.15, 0.2) is 0 Å². The number of rotatable bonds is 5. The van der Waals surface area contributed by atoms with E-state index in [1.807, 2.05) is 4.68 Å². The van der Waals surface area contributed by atoms with Gasteiger partial charge in [0.05, 0.1) is 12.3 Å². The van der Waals surface area contributed by atoms with Crippen molar-refractivity contribution in [1.82, 2.24) is 20.3 Å². The molecule has 1 saturated carbocycles. The zero-order valence-electron chi connectivity index (χ0n) is 11.6. The average molecular weight is 264 g/mol. The summed E-state index contributed by atoms with van der Waals surface area (Å²) in [5.41, 5.74) is 1.06. The van der Waals surface area contributed by atoms with Gasteiger partial charge < -0.3 is 10.1 Å². The predicted octanol–water partition coefficient (Wildman–Crippen LogP) is 1.74. The zero-order chi connectivity index (χ0) is 12.9. The summed E-state index contributed by atoms with van der Waals surface area (Å²) in [6, 6.07) is 0.683. The number of nitrogens with zero attached hydrogens (tertiary/aromatic N) is 3. The molecular formula is C14H24N4O. The van der Waals surface area contributed by atoms with Gasteiger partial charge in [-0.05, 0) is 19.3 Å². The van der Waals surface area contributed by atoms with Gasteiger partial charge in [0.2, 0.25) is 0 Å². The fourth-order valence-electron chi connectivity index (χ4n) is 3.06. The maximum atomic E-state index is 5.39. The summed E-state index contributed by atoms with van der Waals surface area (Å²) in [6.45, 7) is 3.56. The molecule has 1 atom stereocenters. The van der Waals surface area contributed by atoms with Crippen LogP contribution >= 0.6 is 0 Å². The molecule has 1 aliphatic heterocycles. The fourth-order valence-corrected chi connectivity index (χ4v) is 3.06. The van der Waals surface area contributed by atoms with Gasteiger partial charge in [-0.2, -0.15) is 0 Å². The fraction of sp³-hybridized carbons (Fsp3) is 0.857. The topological polar surface area (TPSA) is 52.0 Å². The third kappa shape index (κ3) is 3.76. The van der Waals surface area contributed by atoms with Crippen molar-refractivity contribution in [3.8, 4) is 0 Å².